The molecule has 0 heterocycles. The summed E-state index contributed by atoms with van der Waals surface area (Å²) in [4.78, 5) is 26.5. The van der Waals surface area contributed by atoms with Gasteiger partial charge in [-0.3, -0.25) is 9.59 Å². The van der Waals surface area contributed by atoms with E-state index in [9.17, 15) is 9.59 Å². The molecule has 0 aromatic heterocycles. The summed E-state index contributed by atoms with van der Waals surface area (Å²) in [6.45, 7) is 4.23. The van der Waals surface area contributed by atoms with Gasteiger partial charge in [-0.2, -0.15) is 0 Å². The van der Waals surface area contributed by atoms with Crippen LogP contribution in [0.15, 0.2) is 54.6 Å². The first-order chi connectivity index (χ1) is 12.5. The van der Waals surface area contributed by atoms with Gasteiger partial charge in [0, 0.05) is 18.1 Å². The van der Waals surface area contributed by atoms with Crippen LogP contribution in [0.2, 0.25) is 5.02 Å². The van der Waals surface area contributed by atoms with Crippen molar-refractivity contribution in [1.82, 2.24) is 10.2 Å². The summed E-state index contributed by atoms with van der Waals surface area (Å²) in [6, 6.07) is 15.8. The molecule has 0 aliphatic carbocycles. The van der Waals surface area contributed by atoms with E-state index in [-0.39, 0.29) is 18.4 Å². The molecule has 26 heavy (non-hydrogen) atoms. The minimum Gasteiger partial charge on any atom is -0.484 e. The lowest BCUT2D eigenvalue weighted by Gasteiger charge is -2.28. The van der Waals surface area contributed by atoms with Crippen molar-refractivity contribution in [3.63, 3.8) is 0 Å². The van der Waals surface area contributed by atoms with Crippen LogP contribution in [0.3, 0.4) is 0 Å². The van der Waals surface area contributed by atoms with Gasteiger partial charge in [0.05, 0.1) is 0 Å². The first-order valence-corrected chi connectivity index (χ1v) is 8.88. The molecule has 0 unspecified atom stereocenters. The smallest absolute Gasteiger partial charge is 0.261 e. The first-order valence-electron chi connectivity index (χ1n) is 8.50. The quantitative estimate of drug-likeness (QED) is 0.771. The number of carbonyl (C=O) groups is 2. The number of amides is 2. The zero-order chi connectivity index (χ0) is 18.9. The fourth-order valence-electron chi connectivity index (χ4n) is 2.47. The second kappa shape index (κ2) is 9.82. The molecule has 1 atom stereocenters. The topological polar surface area (TPSA) is 58.6 Å². The highest BCUT2D eigenvalue weighted by Gasteiger charge is 2.26. The molecular formula is C20H23ClN2O3. The Hall–Kier alpha value is -2.53. The SMILES string of the molecule is CCNC(=O)[C@@H](C)N(Cc1ccccc1)C(=O)COc1cccc(Cl)c1. The minimum absolute atomic E-state index is 0.170. The minimum atomic E-state index is -0.606. The Morgan fingerprint density at radius 3 is 2.54 bits per heavy atom. The van der Waals surface area contributed by atoms with E-state index in [4.69, 9.17) is 16.3 Å². The van der Waals surface area contributed by atoms with E-state index in [0.717, 1.165) is 5.56 Å². The summed E-state index contributed by atoms with van der Waals surface area (Å²) >= 11 is 5.93. The lowest BCUT2D eigenvalue weighted by Crippen LogP contribution is -2.49. The number of ether oxygens (including phenoxy) is 1. The molecular weight excluding hydrogens is 352 g/mol. The Morgan fingerprint density at radius 2 is 1.88 bits per heavy atom. The van der Waals surface area contributed by atoms with Crippen LogP contribution < -0.4 is 10.1 Å². The van der Waals surface area contributed by atoms with E-state index in [0.29, 0.717) is 23.9 Å². The molecule has 0 aliphatic heterocycles. The molecule has 2 rings (SSSR count). The summed E-state index contributed by atoms with van der Waals surface area (Å²) in [7, 11) is 0. The van der Waals surface area contributed by atoms with Crippen LogP contribution in [0.4, 0.5) is 0 Å². The Labute approximate surface area is 158 Å². The number of nitrogens with zero attached hydrogens (tertiary/aromatic N) is 1. The molecule has 2 aromatic carbocycles. The molecule has 0 radical (unpaired) electrons. The highest BCUT2D eigenvalue weighted by Crippen LogP contribution is 2.17. The van der Waals surface area contributed by atoms with Crippen LogP contribution >= 0.6 is 11.6 Å². The second-order valence-electron chi connectivity index (χ2n) is 5.82. The number of halogens is 1. The summed E-state index contributed by atoms with van der Waals surface area (Å²) < 4.78 is 5.55. The van der Waals surface area contributed by atoms with Crippen LogP contribution in [0, 0.1) is 0 Å². The van der Waals surface area contributed by atoms with Gasteiger partial charge < -0.3 is 15.0 Å². The van der Waals surface area contributed by atoms with Crippen molar-refractivity contribution in [2.24, 2.45) is 0 Å². The monoisotopic (exact) mass is 374 g/mol. The van der Waals surface area contributed by atoms with Crippen molar-refractivity contribution in [3.8, 4) is 5.75 Å². The van der Waals surface area contributed by atoms with E-state index < -0.39 is 6.04 Å². The summed E-state index contributed by atoms with van der Waals surface area (Å²) in [5.41, 5.74) is 0.944. The molecule has 0 aliphatic rings. The molecule has 1 N–H and O–H groups in total. The zero-order valence-corrected chi connectivity index (χ0v) is 15.7. The Morgan fingerprint density at radius 1 is 1.15 bits per heavy atom. The van der Waals surface area contributed by atoms with Gasteiger partial charge in [-0.15, -0.1) is 0 Å². The number of nitrogens with one attached hydrogen (secondary N) is 1. The van der Waals surface area contributed by atoms with Gasteiger partial charge in [-0.1, -0.05) is 48.0 Å². The number of hydrogen-bond donors (Lipinski definition) is 1. The predicted octanol–water partition coefficient (Wildman–Crippen LogP) is 3.27. The normalized spacial score (nSPS) is 11.5. The van der Waals surface area contributed by atoms with Gasteiger partial charge in [0.2, 0.25) is 5.91 Å². The maximum Gasteiger partial charge on any atom is 0.261 e. The number of hydrogen-bond acceptors (Lipinski definition) is 3. The van der Waals surface area contributed by atoms with Crippen LogP contribution in [0.1, 0.15) is 19.4 Å². The van der Waals surface area contributed by atoms with Crippen molar-refractivity contribution in [2.75, 3.05) is 13.2 Å². The van der Waals surface area contributed by atoms with E-state index >= 15 is 0 Å². The molecule has 0 bridgehead atoms. The number of carbonyl (C=O) groups excluding carboxylic acids is 2. The molecule has 0 fully saturated rings. The van der Waals surface area contributed by atoms with Gasteiger partial charge in [0.1, 0.15) is 11.8 Å². The highest BCUT2D eigenvalue weighted by molar-refractivity contribution is 6.30. The van der Waals surface area contributed by atoms with Gasteiger partial charge >= 0.3 is 0 Å². The van der Waals surface area contributed by atoms with Crippen molar-refractivity contribution in [3.05, 3.63) is 65.2 Å². The number of likely N-dealkylation sites (N-methyl/N-ethyl adjacent to an activating group) is 1. The Bertz CT molecular complexity index is 737. The van der Waals surface area contributed by atoms with Gasteiger partial charge in [0.15, 0.2) is 6.61 Å². The lowest BCUT2D eigenvalue weighted by atomic mass is 10.1. The molecule has 6 heteroatoms. The average molecular weight is 375 g/mol. The average Bonchev–Trinajstić information content (AvgIpc) is 2.65. The maximum absolute atomic E-state index is 12.7. The zero-order valence-electron chi connectivity index (χ0n) is 14.9. The van der Waals surface area contributed by atoms with Gasteiger partial charge in [-0.25, -0.2) is 0 Å². The third-order valence-electron chi connectivity index (χ3n) is 3.87. The molecule has 0 saturated carbocycles. The van der Waals surface area contributed by atoms with Crippen LogP contribution in [-0.2, 0) is 16.1 Å². The number of benzene rings is 2. The molecule has 0 saturated heterocycles. The van der Waals surface area contributed by atoms with E-state index in [1.54, 1.807) is 31.2 Å². The van der Waals surface area contributed by atoms with Crippen molar-refractivity contribution in [1.29, 1.82) is 0 Å². The Balaban J connectivity index is 2.10. The largest absolute Gasteiger partial charge is 0.484 e. The predicted molar refractivity (Wildman–Crippen MR) is 102 cm³/mol. The molecule has 0 spiro atoms. The fraction of sp³-hybridized carbons (Fsp3) is 0.300. The highest BCUT2D eigenvalue weighted by atomic mass is 35.5. The molecule has 2 aromatic rings. The van der Waals surface area contributed by atoms with Crippen molar-refractivity contribution in [2.45, 2.75) is 26.4 Å². The van der Waals surface area contributed by atoms with Crippen molar-refractivity contribution < 1.29 is 14.3 Å². The fourth-order valence-corrected chi connectivity index (χ4v) is 2.65. The maximum atomic E-state index is 12.7. The summed E-state index contributed by atoms with van der Waals surface area (Å²) in [5.74, 6) is 0.0447. The summed E-state index contributed by atoms with van der Waals surface area (Å²) in [5, 5.41) is 3.29. The van der Waals surface area contributed by atoms with Crippen LogP contribution in [0.5, 0.6) is 5.75 Å². The standard InChI is InChI=1S/C20H23ClN2O3/c1-3-22-20(25)15(2)23(13-16-8-5-4-6-9-16)19(24)14-26-18-11-7-10-17(21)12-18/h4-12,15H,3,13-14H2,1-2H3,(H,22,25)/t15-/m1/s1. The lowest BCUT2D eigenvalue weighted by molar-refractivity contribution is -0.142. The summed E-state index contributed by atoms with van der Waals surface area (Å²) in [6.07, 6.45) is 0. The Kier molecular flexibility index (Phi) is 7.48. The molecule has 2 amide bonds. The van der Waals surface area contributed by atoms with Gasteiger partial charge in [0.25, 0.3) is 5.91 Å². The molecule has 138 valence electrons. The van der Waals surface area contributed by atoms with E-state index in [1.165, 1.54) is 4.90 Å². The molecule has 5 nitrogen and oxygen atoms in total. The van der Waals surface area contributed by atoms with Crippen LogP contribution in [-0.4, -0.2) is 35.9 Å². The number of rotatable bonds is 8. The van der Waals surface area contributed by atoms with E-state index in [1.807, 2.05) is 37.3 Å². The van der Waals surface area contributed by atoms with Crippen LogP contribution in [0.25, 0.3) is 0 Å². The van der Waals surface area contributed by atoms with Crippen molar-refractivity contribution >= 4 is 23.4 Å². The van der Waals surface area contributed by atoms with Gasteiger partial charge in [-0.05, 0) is 37.6 Å². The third kappa shape index (κ3) is 5.77. The first kappa shape index (κ1) is 19.8. The van der Waals surface area contributed by atoms with E-state index in [2.05, 4.69) is 5.32 Å². The second-order valence-corrected chi connectivity index (χ2v) is 6.26. The third-order valence-corrected chi connectivity index (χ3v) is 4.11.